The molecule has 1 aliphatic rings. The summed E-state index contributed by atoms with van der Waals surface area (Å²) in [5.74, 6) is 0.188. The third-order valence-electron chi connectivity index (χ3n) is 4.15. The quantitative estimate of drug-likeness (QED) is 0.564. The van der Waals surface area contributed by atoms with Gasteiger partial charge in [-0.25, -0.2) is 0 Å². The fraction of sp³-hybridized carbons (Fsp3) is 0.923. The summed E-state index contributed by atoms with van der Waals surface area (Å²) < 4.78 is 0. The van der Waals surface area contributed by atoms with E-state index in [1.54, 1.807) is 0 Å². The van der Waals surface area contributed by atoms with Crippen LogP contribution >= 0.6 is 0 Å². The van der Waals surface area contributed by atoms with Gasteiger partial charge in [-0.3, -0.25) is 4.79 Å². The Bertz CT molecular complexity index is 284. The first kappa shape index (κ1) is 15.4. The number of hydrogen-bond donors (Lipinski definition) is 4. The molecule has 18 heavy (non-hydrogen) atoms. The van der Waals surface area contributed by atoms with Crippen LogP contribution < -0.4 is 11.1 Å². The van der Waals surface area contributed by atoms with Gasteiger partial charge in [-0.1, -0.05) is 26.7 Å². The number of rotatable bonds is 5. The Hall–Kier alpha value is -0.650. The van der Waals surface area contributed by atoms with Crippen LogP contribution in [0, 0.1) is 5.92 Å². The Morgan fingerprint density at radius 3 is 2.56 bits per heavy atom. The Morgan fingerprint density at radius 2 is 2.11 bits per heavy atom. The van der Waals surface area contributed by atoms with Crippen molar-refractivity contribution in [1.82, 2.24) is 5.32 Å². The van der Waals surface area contributed by atoms with E-state index < -0.39 is 11.1 Å². The fourth-order valence-corrected chi connectivity index (χ4v) is 2.60. The van der Waals surface area contributed by atoms with Gasteiger partial charge in [0.2, 0.25) is 5.91 Å². The Morgan fingerprint density at radius 1 is 1.50 bits per heavy atom. The largest absolute Gasteiger partial charge is 0.394 e. The first-order chi connectivity index (χ1) is 8.41. The first-order valence-corrected chi connectivity index (χ1v) is 6.74. The van der Waals surface area contributed by atoms with Crippen molar-refractivity contribution in [2.24, 2.45) is 11.7 Å². The molecular weight excluding hydrogens is 232 g/mol. The van der Waals surface area contributed by atoms with Crippen LogP contribution in [-0.4, -0.2) is 40.4 Å². The smallest absolute Gasteiger partial charge is 0.240 e. The Kier molecular flexibility index (Phi) is 5.13. The molecule has 0 bridgehead atoms. The summed E-state index contributed by atoms with van der Waals surface area (Å²) in [5, 5.41) is 21.4. The van der Waals surface area contributed by atoms with Gasteiger partial charge in [-0.05, 0) is 25.2 Å². The van der Waals surface area contributed by atoms with Crippen molar-refractivity contribution in [3.8, 4) is 0 Å². The van der Waals surface area contributed by atoms with E-state index in [2.05, 4.69) is 12.2 Å². The third kappa shape index (κ3) is 3.22. The molecule has 5 N–H and O–H groups in total. The molecule has 1 aliphatic carbocycles. The zero-order valence-corrected chi connectivity index (χ0v) is 11.4. The van der Waals surface area contributed by atoms with Crippen molar-refractivity contribution in [3.05, 3.63) is 0 Å². The molecule has 0 saturated heterocycles. The van der Waals surface area contributed by atoms with Gasteiger partial charge in [0.05, 0.1) is 24.3 Å². The van der Waals surface area contributed by atoms with Gasteiger partial charge in [-0.2, -0.15) is 0 Å². The zero-order valence-electron chi connectivity index (χ0n) is 11.4. The van der Waals surface area contributed by atoms with E-state index in [1.165, 1.54) is 0 Å². The van der Waals surface area contributed by atoms with Crippen molar-refractivity contribution in [1.29, 1.82) is 0 Å². The topological polar surface area (TPSA) is 95.6 Å². The minimum absolute atomic E-state index is 0.251. The zero-order chi connectivity index (χ0) is 13.8. The van der Waals surface area contributed by atoms with E-state index in [9.17, 15) is 15.0 Å². The number of nitrogens with one attached hydrogen (secondary N) is 1. The number of amides is 1. The second-order valence-corrected chi connectivity index (χ2v) is 5.76. The molecule has 1 amide bonds. The molecule has 0 spiro atoms. The number of carbonyl (C=O) groups is 1. The predicted molar refractivity (Wildman–Crippen MR) is 69.9 cm³/mol. The molecular formula is C13H26N2O3. The molecule has 0 heterocycles. The number of hydrogen-bond acceptors (Lipinski definition) is 4. The normalized spacial score (nSPS) is 29.1. The van der Waals surface area contributed by atoms with Gasteiger partial charge >= 0.3 is 0 Å². The van der Waals surface area contributed by atoms with Gasteiger partial charge in [0.1, 0.15) is 0 Å². The van der Waals surface area contributed by atoms with Crippen LogP contribution in [0.3, 0.4) is 0 Å². The summed E-state index contributed by atoms with van der Waals surface area (Å²) in [7, 11) is 0. The summed E-state index contributed by atoms with van der Waals surface area (Å²) in [6, 6.07) is 0. The van der Waals surface area contributed by atoms with Crippen LogP contribution in [0.25, 0.3) is 0 Å². The highest BCUT2D eigenvalue weighted by Crippen LogP contribution is 2.31. The van der Waals surface area contributed by atoms with E-state index in [1.807, 2.05) is 6.92 Å². The van der Waals surface area contributed by atoms with E-state index in [-0.39, 0.29) is 19.1 Å². The Balaban J connectivity index is 2.74. The van der Waals surface area contributed by atoms with Crippen LogP contribution in [0.4, 0.5) is 0 Å². The highest BCUT2D eigenvalue weighted by molar-refractivity contribution is 5.86. The third-order valence-corrected chi connectivity index (χ3v) is 4.15. The fourth-order valence-electron chi connectivity index (χ4n) is 2.60. The maximum Gasteiger partial charge on any atom is 0.240 e. The summed E-state index contributed by atoms with van der Waals surface area (Å²) in [6.07, 6.45) is 3.85. The summed E-state index contributed by atoms with van der Waals surface area (Å²) in [5.41, 5.74) is 4.38. The van der Waals surface area contributed by atoms with Gasteiger partial charge in [0, 0.05) is 0 Å². The molecule has 2 unspecified atom stereocenters. The van der Waals surface area contributed by atoms with E-state index in [4.69, 9.17) is 5.73 Å². The van der Waals surface area contributed by atoms with E-state index >= 15 is 0 Å². The molecule has 1 fully saturated rings. The molecule has 5 nitrogen and oxygen atoms in total. The van der Waals surface area contributed by atoms with Gasteiger partial charge in [0.15, 0.2) is 0 Å². The number of aliphatic hydroxyl groups excluding tert-OH is 2. The molecule has 5 heteroatoms. The van der Waals surface area contributed by atoms with Crippen molar-refractivity contribution in [2.45, 2.75) is 57.0 Å². The van der Waals surface area contributed by atoms with E-state index in [0.717, 1.165) is 12.8 Å². The average Bonchev–Trinajstić information content (AvgIpc) is 2.35. The molecule has 0 aromatic heterocycles. The summed E-state index contributed by atoms with van der Waals surface area (Å²) in [4.78, 5) is 12.3. The second-order valence-electron chi connectivity index (χ2n) is 5.76. The highest BCUT2D eigenvalue weighted by Gasteiger charge is 2.41. The van der Waals surface area contributed by atoms with Crippen molar-refractivity contribution in [2.75, 3.05) is 13.2 Å². The Labute approximate surface area is 109 Å². The molecule has 0 aromatic carbocycles. The van der Waals surface area contributed by atoms with Crippen molar-refractivity contribution in [3.63, 3.8) is 0 Å². The molecule has 0 aliphatic heterocycles. The van der Waals surface area contributed by atoms with Crippen LogP contribution in [-0.2, 0) is 4.79 Å². The predicted octanol–water partition coefficient (Wildman–Crippen LogP) is 0.144. The van der Waals surface area contributed by atoms with Crippen molar-refractivity contribution < 1.29 is 15.0 Å². The highest BCUT2D eigenvalue weighted by atomic mass is 16.3. The lowest BCUT2D eigenvalue weighted by Crippen LogP contribution is -2.63. The lowest BCUT2D eigenvalue weighted by Gasteiger charge is -2.39. The number of aliphatic hydroxyl groups is 2. The summed E-state index contributed by atoms with van der Waals surface area (Å²) >= 11 is 0. The number of carbonyl (C=O) groups excluding carboxylic acids is 1. The molecule has 2 atom stereocenters. The van der Waals surface area contributed by atoms with Crippen LogP contribution in [0.2, 0.25) is 0 Å². The van der Waals surface area contributed by atoms with Crippen LogP contribution in [0.1, 0.15) is 46.0 Å². The van der Waals surface area contributed by atoms with Gasteiger partial charge in [-0.15, -0.1) is 0 Å². The van der Waals surface area contributed by atoms with Crippen LogP contribution in [0.15, 0.2) is 0 Å². The van der Waals surface area contributed by atoms with Crippen LogP contribution in [0.5, 0.6) is 0 Å². The molecule has 0 radical (unpaired) electrons. The first-order valence-electron chi connectivity index (χ1n) is 6.74. The lowest BCUT2D eigenvalue weighted by molar-refractivity contribution is -0.131. The molecule has 0 aromatic rings. The van der Waals surface area contributed by atoms with E-state index in [0.29, 0.717) is 25.2 Å². The minimum Gasteiger partial charge on any atom is -0.394 e. The molecule has 1 saturated carbocycles. The average molecular weight is 258 g/mol. The maximum absolute atomic E-state index is 12.3. The standard InChI is InChI=1S/C13H26N2O3/c1-3-12(8-16,9-17)15-11(18)13(14)6-4-5-10(2)7-13/h10,16-17H,3-9,14H2,1-2H3,(H,15,18). The monoisotopic (exact) mass is 258 g/mol. The van der Waals surface area contributed by atoms with Gasteiger partial charge < -0.3 is 21.3 Å². The maximum atomic E-state index is 12.3. The number of nitrogens with two attached hydrogens (primary N) is 1. The second kappa shape index (κ2) is 5.99. The van der Waals surface area contributed by atoms with Crippen molar-refractivity contribution >= 4 is 5.91 Å². The van der Waals surface area contributed by atoms with Gasteiger partial charge in [0.25, 0.3) is 0 Å². The SMILES string of the molecule is CCC(CO)(CO)NC(=O)C1(N)CCCC(C)C1. The molecule has 1 rings (SSSR count). The lowest BCUT2D eigenvalue weighted by atomic mass is 9.76. The minimum atomic E-state index is -0.954. The summed E-state index contributed by atoms with van der Waals surface area (Å²) in [6.45, 7) is 3.35. The molecule has 106 valence electrons.